The quantitative estimate of drug-likeness (QED) is 0.206. The number of nitrogens with one attached hydrogen (secondary N) is 2. The van der Waals surface area contributed by atoms with Crippen molar-refractivity contribution in [3.63, 3.8) is 0 Å². The third-order valence-electron chi connectivity index (χ3n) is 6.40. The molecule has 0 bridgehead atoms. The number of alkyl halides is 6. The number of nitrogens with zero attached hydrogens (tertiary/aromatic N) is 1. The van der Waals surface area contributed by atoms with Crippen molar-refractivity contribution in [2.24, 2.45) is 0 Å². The van der Waals surface area contributed by atoms with Gasteiger partial charge < -0.3 is 15.0 Å². The van der Waals surface area contributed by atoms with Crippen molar-refractivity contribution >= 4 is 22.8 Å². The maximum atomic E-state index is 13.3. The average molecular weight is 578 g/mol. The van der Waals surface area contributed by atoms with Crippen LogP contribution in [0, 0.1) is 0 Å². The Kier molecular flexibility index (Phi) is 8.99. The molecule has 2 aromatic heterocycles. The largest absolute Gasteiger partial charge is 0.449 e. The lowest BCUT2D eigenvalue weighted by molar-refractivity contribution is -0.143. The van der Waals surface area contributed by atoms with Gasteiger partial charge in [-0.05, 0) is 53.9 Å². The van der Waals surface area contributed by atoms with E-state index in [1.807, 2.05) is 18.2 Å². The van der Waals surface area contributed by atoms with E-state index < -0.39 is 54.2 Å². The minimum atomic E-state index is -5.00. The molecule has 0 aliphatic rings. The van der Waals surface area contributed by atoms with E-state index >= 15 is 0 Å². The van der Waals surface area contributed by atoms with E-state index in [0.29, 0.717) is 29.8 Å². The maximum absolute atomic E-state index is 13.3. The average Bonchev–Trinajstić information content (AvgIpc) is 3.33. The van der Waals surface area contributed by atoms with Crippen LogP contribution in [0.2, 0.25) is 0 Å². The fourth-order valence-electron chi connectivity index (χ4n) is 4.35. The molecule has 0 aliphatic heterocycles. The number of ether oxygens (including phenoxy) is 1. The number of para-hydroxylation sites is 1. The summed E-state index contributed by atoms with van der Waals surface area (Å²) in [6, 6.07) is 12.6. The number of halogens is 6. The summed E-state index contributed by atoms with van der Waals surface area (Å²) < 4.78 is 84.7. The van der Waals surface area contributed by atoms with Crippen molar-refractivity contribution in [2.45, 2.75) is 44.1 Å². The Labute approximate surface area is 230 Å². The van der Waals surface area contributed by atoms with E-state index in [0.717, 1.165) is 10.9 Å². The molecule has 41 heavy (non-hydrogen) atoms. The molecule has 0 saturated carbocycles. The number of aromatic amines is 1. The van der Waals surface area contributed by atoms with E-state index in [1.54, 1.807) is 36.7 Å². The highest BCUT2D eigenvalue weighted by Crippen LogP contribution is 2.36. The monoisotopic (exact) mass is 577 g/mol. The SMILES string of the molecule is O=C(NC(Cc1c[nH]c2ccccc12)C(=O)CCc1cc(C(F)(F)F)cc(C(F)(F)F)c1)OCCc1ccccn1. The Morgan fingerprint density at radius 3 is 2.24 bits per heavy atom. The summed E-state index contributed by atoms with van der Waals surface area (Å²) in [4.78, 5) is 33.0. The third kappa shape index (κ3) is 8.09. The summed E-state index contributed by atoms with van der Waals surface area (Å²) in [5, 5.41) is 3.30. The summed E-state index contributed by atoms with van der Waals surface area (Å²) in [5.74, 6) is -0.581. The van der Waals surface area contributed by atoms with Gasteiger partial charge in [0.2, 0.25) is 0 Å². The number of carbonyl (C=O) groups is 2. The Morgan fingerprint density at radius 1 is 0.902 bits per heavy atom. The van der Waals surface area contributed by atoms with E-state index in [4.69, 9.17) is 4.74 Å². The molecule has 2 N–H and O–H groups in total. The number of hydrogen-bond acceptors (Lipinski definition) is 4. The van der Waals surface area contributed by atoms with Crippen LogP contribution >= 0.6 is 0 Å². The van der Waals surface area contributed by atoms with E-state index in [9.17, 15) is 35.9 Å². The van der Waals surface area contributed by atoms with Crippen LogP contribution in [0.1, 0.15) is 34.4 Å². The number of Topliss-reactive ketones (excluding diaryl/α,β-unsaturated/α-hetero) is 1. The van der Waals surface area contributed by atoms with Crippen molar-refractivity contribution in [3.8, 4) is 0 Å². The van der Waals surface area contributed by atoms with Gasteiger partial charge in [-0.15, -0.1) is 0 Å². The van der Waals surface area contributed by atoms with Crippen LogP contribution in [-0.2, 0) is 41.1 Å². The molecule has 1 unspecified atom stereocenters. The zero-order valence-electron chi connectivity index (χ0n) is 21.5. The van der Waals surface area contributed by atoms with Crippen molar-refractivity contribution in [1.29, 1.82) is 0 Å². The molecule has 216 valence electrons. The first-order valence-corrected chi connectivity index (χ1v) is 12.6. The summed E-state index contributed by atoms with van der Waals surface area (Å²) in [6.45, 7) is -0.0265. The van der Waals surface area contributed by atoms with Gasteiger partial charge in [0.1, 0.15) is 0 Å². The molecule has 0 aliphatic carbocycles. The van der Waals surface area contributed by atoms with Crippen LogP contribution in [0.5, 0.6) is 0 Å². The van der Waals surface area contributed by atoms with Crippen LogP contribution in [0.4, 0.5) is 31.1 Å². The van der Waals surface area contributed by atoms with Crippen molar-refractivity contribution in [3.05, 3.63) is 101 Å². The van der Waals surface area contributed by atoms with Gasteiger partial charge in [0.05, 0.1) is 23.8 Å². The molecule has 0 radical (unpaired) electrons. The van der Waals surface area contributed by atoms with Gasteiger partial charge in [0, 0.05) is 48.3 Å². The predicted molar refractivity (Wildman–Crippen MR) is 138 cm³/mol. The summed E-state index contributed by atoms with van der Waals surface area (Å²) in [5.41, 5.74) is -1.06. The van der Waals surface area contributed by atoms with Gasteiger partial charge in [0.25, 0.3) is 0 Å². The van der Waals surface area contributed by atoms with Gasteiger partial charge in [-0.25, -0.2) is 4.79 Å². The molecular formula is C29H25F6N3O3. The summed E-state index contributed by atoms with van der Waals surface area (Å²) in [6.07, 6.45) is -8.10. The Morgan fingerprint density at radius 2 is 1.59 bits per heavy atom. The van der Waals surface area contributed by atoms with Gasteiger partial charge in [-0.1, -0.05) is 24.3 Å². The smallest absolute Gasteiger partial charge is 0.416 e. The number of alkyl carbamates (subject to hydrolysis) is 1. The molecule has 6 nitrogen and oxygen atoms in total. The number of hydrogen-bond donors (Lipinski definition) is 2. The third-order valence-corrected chi connectivity index (χ3v) is 6.40. The van der Waals surface area contributed by atoms with Crippen LogP contribution in [-0.4, -0.2) is 34.5 Å². The van der Waals surface area contributed by atoms with Crippen molar-refractivity contribution < 1.29 is 40.7 Å². The highest BCUT2D eigenvalue weighted by Gasteiger charge is 2.37. The molecule has 1 atom stereocenters. The Balaban J connectivity index is 1.49. The van der Waals surface area contributed by atoms with Crippen LogP contribution < -0.4 is 5.32 Å². The first-order valence-electron chi connectivity index (χ1n) is 12.6. The molecule has 4 aromatic rings. The molecule has 12 heteroatoms. The van der Waals surface area contributed by atoms with Gasteiger partial charge >= 0.3 is 18.4 Å². The minimum Gasteiger partial charge on any atom is -0.449 e. The molecular weight excluding hydrogens is 552 g/mol. The van der Waals surface area contributed by atoms with E-state index in [1.165, 1.54) is 0 Å². The van der Waals surface area contributed by atoms with Crippen molar-refractivity contribution in [1.82, 2.24) is 15.3 Å². The molecule has 1 amide bonds. The normalized spacial score (nSPS) is 12.7. The lowest BCUT2D eigenvalue weighted by Crippen LogP contribution is -2.43. The Hall–Kier alpha value is -4.35. The fraction of sp³-hybridized carbons (Fsp3) is 0.276. The predicted octanol–water partition coefficient (Wildman–Crippen LogP) is 6.68. The van der Waals surface area contributed by atoms with E-state index in [-0.39, 0.29) is 24.7 Å². The number of amides is 1. The van der Waals surface area contributed by atoms with Crippen LogP contribution in [0.25, 0.3) is 10.9 Å². The summed E-state index contributed by atoms with van der Waals surface area (Å²) in [7, 11) is 0. The highest BCUT2D eigenvalue weighted by atomic mass is 19.4. The Bertz CT molecular complexity index is 1470. The number of ketones is 1. The first-order chi connectivity index (χ1) is 19.4. The zero-order valence-corrected chi connectivity index (χ0v) is 21.5. The number of aryl methyl sites for hydroxylation is 1. The number of carbonyl (C=O) groups excluding carboxylic acids is 2. The van der Waals surface area contributed by atoms with Crippen LogP contribution in [0.3, 0.4) is 0 Å². The molecule has 2 heterocycles. The maximum Gasteiger partial charge on any atom is 0.416 e. The van der Waals surface area contributed by atoms with Crippen LogP contribution in [0.15, 0.2) is 73.1 Å². The second kappa shape index (κ2) is 12.4. The minimum absolute atomic E-state index is 0.0224. The lowest BCUT2D eigenvalue weighted by atomic mass is 9.96. The second-order valence-electron chi connectivity index (χ2n) is 9.35. The van der Waals surface area contributed by atoms with Gasteiger partial charge in [-0.3, -0.25) is 9.78 Å². The summed E-state index contributed by atoms with van der Waals surface area (Å²) >= 11 is 0. The van der Waals surface area contributed by atoms with E-state index in [2.05, 4.69) is 15.3 Å². The number of rotatable bonds is 10. The molecule has 4 rings (SSSR count). The number of pyridine rings is 1. The molecule has 0 fully saturated rings. The number of H-pyrrole nitrogens is 1. The fourth-order valence-corrected chi connectivity index (χ4v) is 4.35. The standard InChI is InChI=1S/C29H25F6N3O3/c30-28(31,32)20-13-18(14-21(16-20)29(33,34)35)8-9-26(39)25(15-19-17-37-24-7-2-1-6-23(19)24)38-27(40)41-12-10-22-5-3-4-11-36-22/h1-7,11,13-14,16-17,25,37H,8-10,12,15H2,(H,38,40). The highest BCUT2D eigenvalue weighted by molar-refractivity contribution is 5.89. The van der Waals surface area contributed by atoms with Gasteiger partial charge in [-0.2, -0.15) is 26.3 Å². The topological polar surface area (TPSA) is 84.1 Å². The molecule has 0 spiro atoms. The molecule has 2 aromatic carbocycles. The second-order valence-corrected chi connectivity index (χ2v) is 9.35. The number of fused-ring (bicyclic) bond motifs is 1. The molecule has 0 saturated heterocycles. The lowest BCUT2D eigenvalue weighted by Gasteiger charge is -2.18. The number of benzene rings is 2. The van der Waals surface area contributed by atoms with Crippen molar-refractivity contribution in [2.75, 3.05) is 6.61 Å². The zero-order chi connectivity index (χ0) is 29.6. The number of aromatic nitrogens is 2. The first kappa shape index (κ1) is 29.6. The van der Waals surface area contributed by atoms with Gasteiger partial charge in [0.15, 0.2) is 5.78 Å².